The van der Waals surface area contributed by atoms with E-state index in [0.29, 0.717) is 11.3 Å². The first kappa shape index (κ1) is 19.3. The molecule has 27 heavy (non-hydrogen) atoms. The van der Waals surface area contributed by atoms with Crippen LogP contribution in [0, 0.1) is 13.7 Å². The van der Waals surface area contributed by atoms with E-state index in [0.717, 1.165) is 8.04 Å². The molecule has 0 aliphatic carbocycles. The average Bonchev–Trinajstić information content (AvgIpc) is 2.64. The predicted molar refractivity (Wildman–Crippen MR) is 114 cm³/mol. The van der Waals surface area contributed by atoms with Crippen molar-refractivity contribution in [3.05, 3.63) is 90.5 Å². The zero-order valence-electron chi connectivity index (χ0n) is 13.7. The van der Waals surface area contributed by atoms with E-state index >= 15 is 0 Å². The quantitative estimate of drug-likeness (QED) is 0.245. The van der Waals surface area contributed by atoms with Crippen LogP contribution in [0.2, 0.25) is 0 Å². The number of nitrogens with zero attached hydrogens (tertiary/aromatic N) is 1. The van der Waals surface area contributed by atoms with Gasteiger partial charge >= 0.3 is 0 Å². The molecule has 8 heteroatoms. The summed E-state index contributed by atoms with van der Waals surface area (Å²) in [5.74, 6) is 0.431. The third-order valence-corrected chi connectivity index (χ3v) is 4.76. The van der Waals surface area contributed by atoms with Gasteiger partial charge in [0, 0.05) is 25.7 Å². The molecule has 0 bridgehead atoms. The van der Waals surface area contributed by atoms with Gasteiger partial charge in [0.2, 0.25) is 0 Å². The largest absolute Gasteiger partial charge is 0.457 e. The van der Waals surface area contributed by atoms with Crippen LogP contribution in [-0.4, -0.2) is 10.8 Å². The van der Waals surface area contributed by atoms with E-state index in [1.165, 1.54) is 12.1 Å². The van der Waals surface area contributed by atoms with Gasteiger partial charge in [-0.15, -0.1) is 0 Å². The summed E-state index contributed by atoms with van der Waals surface area (Å²) >= 11 is 5.48. The number of carbonyl (C=O) groups excluding carboxylic acids is 1. The Morgan fingerprint density at radius 1 is 1.00 bits per heavy atom. The maximum absolute atomic E-state index is 12.4. The molecular formula is C19H12BrIN2O4. The molecular weight excluding hydrogens is 527 g/mol. The van der Waals surface area contributed by atoms with Gasteiger partial charge in [-0.1, -0.05) is 15.9 Å². The minimum atomic E-state index is -0.532. The number of non-ortho nitro benzene ring substituents is 1. The van der Waals surface area contributed by atoms with Crippen molar-refractivity contribution in [3.8, 4) is 11.5 Å². The van der Waals surface area contributed by atoms with Crippen molar-refractivity contribution in [2.24, 2.45) is 0 Å². The summed E-state index contributed by atoms with van der Waals surface area (Å²) in [6.45, 7) is 0. The van der Waals surface area contributed by atoms with Crippen molar-refractivity contribution in [3.63, 3.8) is 0 Å². The molecule has 0 saturated heterocycles. The molecule has 6 nitrogen and oxygen atoms in total. The molecule has 0 unspecified atom stereocenters. The lowest BCUT2D eigenvalue weighted by Crippen LogP contribution is -2.12. The first-order valence-electron chi connectivity index (χ1n) is 7.70. The van der Waals surface area contributed by atoms with Crippen molar-refractivity contribution in [1.29, 1.82) is 0 Å². The van der Waals surface area contributed by atoms with Crippen LogP contribution in [0.5, 0.6) is 11.5 Å². The molecule has 3 aromatic carbocycles. The van der Waals surface area contributed by atoms with Crippen LogP contribution in [0.15, 0.2) is 71.2 Å². The van der Waals surface area contributed by atoms with Crippen LogP contribution in [0.3, 0.4) is 0 Å². The SMILES string of the molecule is O=C(Nc1cc(Oc2ccc(I)cc2)cc([N+](=O)[O-])c1)c1ccc(Br)cc1. The van der Waals surface area contributed by atoms with Crippen molar-refractivity contribution in [1.82, 2.24) is 0 Å². The number of halogens is 2. The van der Waals surface area contributed by atoms with E-state index in [4.69, 9.17) is 4.74 Å². The fourth-order valence-electron chi connectivity index (χ4n) is 2.26. The first-order valence-corrected chi connectivity index (χ1v) is 9.58. The minimum absolute atomic E-state index is 0.177. The summed E-state index contributed by atoms with van der Waals surface area (Å²) in [5.41, 5.74) is 0.534. The summed E-state index contributed by atoms with van der Waals surface area (Å²) in [6, 6.07) is 18.2. The third-order valence-electron chi connectivity index (χ3n) is 3.52. The van der Waals surface area contributed by atoms with Gasteiger partial charge in [-0.05, 0) is 71.1 Å². The zero-order chi connectivity index (χ0) is 19.4. The molecule has 0 radical (unpaired) electrons. The van der Waals surface area contributed by atoms with Crippen LogP contribution < -0.4 is 10.1 Å². The van der Waals surface area contributed by atoms with Crippen LogP contribution in [0.1, 0.15) is 10.4 Å². The second kappa shape index (κ2) is 8.49. The zero-order valence-corrected chi connectivity index (χ0v) is 17.4. The van der Waals surface area contributed by atoms with E-state index < -0.39 is 4.92 Å². The Kier molecular flexibility index (Phi) is 6.07. The fraction of sp³-hybridized carbons (Fsp3) is 0. The van der Waals surface area contributed by atoms with Crippen LogP contribution in [-0.2, 0) is 0 Å². The van der Waals surface area contributed by atoms with E-state index in [9.17, 15) is 14.9 Å². The summed E-state index contributed by atoms with van der Waals surface area (Å²) < 4.78 is 7.60. The number of ether oxygens (including phenoxy) is 1. The van der Waals surface area contributed by atoms with Gasteiger partial charge in [-0.25, -0.2) is 0 Å². The topological polar surface area (TPSA) is 81.5 Å². The number of hydrogen-bond donors (Lipinski definition) is 1. The number of carbonyl (C=O) groups is 1. The molecule has 0 aromatic heterocycles. The molecule has 0 spiro atoms. The van der Waals surface area contributed by atoms with Gasteiger partial charge in [0.1, 0.15) is 11.5 Å². The maximum atomic E-state index is 12.4. The van der Waals surface area contributed by atoms with Crippen molar-refractivity contribution >= 4 is 55.8 Å². The number of amides is 1. The molecule has 0 atom stereocenters. The van der Waals surface area contributed by atoms with Gasteiger partial charge < -0.3 is 10.1 Å². The summed E-state index contributed by atoms with van der Waals surface area (Å²) in [6.07, 6.45) is 0. The lowest BCUT2D eigenvalue weighted by atomic mass is 10.2. The Morgan fingerprint density at radius 2 is 1.67 bits per heavy atom. The summed E-state index contributed by atoms with van der Waals surface area (Å²) in [5, 5.41) is 13.9. The number of nitrogens with one attached hydrogen (secondary N) is 1. The molecule has 0 saturated carbocycles. The Morgan fingerprint density at radius 3 is 2.30 bits per heavy atom. The highest BCUT2D eigenvalue weighted by atomic mass is 127. The monoisotopic (exact) mass is 538 g/mol. The molecule has 1 amide bonds. The van der Waals surface area contributed by atoms with Gasteiger partial charge in [0.05, 0.1) is 16.7 Å². The number of nitro benzene ring substituents is 1. The van der Waals surface area contributed by atoms with Gasteiger partial charge in [-0.2, -0.15) is 0 Å². The summed E-state index contributed by atoms with van der Waals surface area (Å²) in [7, 11) is 0. The molecule has 136 valence electrons. The predicted octanol–water partition coefficient (Wildman–Crippen LogP) is 6.01. The number of nitro groups is 1. The summed E-state index contributed by atoms with van der Waals surface area (Å²) in [4.78, 5) is 23.1. The van der Waals surface area contributed by atoms with Crippen LogP contribution in [0.25, 0.3) is 0 Å². The lowest BCUT2D eigenvalue weighted by molar-refractivity contribution is -0.384. The lowest BCUT2D eigenvalue weighted by Gasteiger charge is -2.10. The maximum Gasteiger partial charge on any atom is 0.275 e. The Balaban J connectivity index is 1.86. The minimum Gasteiger partial charge on any atom is -0.457 e. The third kappa shape index (κ3) is 5.27. The number of hydrogen-bond acceptors (Lipinski definition) is 4. The highest BCUT2D eigenvalue weighted by molar-refractivity contribution is 14.1. The Labute approximate surface area is 177 Å². The van der Waals surface area contributed by atoms with Crippen LogP contribution >= 0.6 is 38.5 Å². The molecule has 3 aromatic rings. The number of benzene rings is 3. The van der Waals surface area contributed by atoms with E-state index in [1.807, 2.05) is 12.1 Å². The molecule has 0 aliphatic rings. The second-order valence-electron chi connectivity index (χ2n) is 5.49. The highest BCUT2D eigenvalue weighted by Crippen LogP contribution is 2.30. The molecule has 0 fully saturated rings. The van der Waals surface area contributed by atoms with Gasteiger partial charge in [0.15, 0.2) is 0 Å². The van der Waals surface area contributed by atoms with Crippen molar-refractivity contribution in [2.45, 2.75) is 0 Å². The highest BCUT2D eigenvalue weighted by Gasteiger charge is 2.14. The second-order valence-corrected chi connectivity index (χ2v) is 7.65. The van der Waals surface area contributed by atoms with E-state index in [-0.39, 0.29) is 23.0 Å². The fourth-order valence-corrected chi connectivity index (χ4v) is 2.89. The molecule has 0 aliphatic heterocycles. The van der Waals surface area contributed by atoms with Crippen LogP contribution in [0.4, 0.5) is 11.4 Å². The van der Waals surface area contributed by atoms with Gasteiger partial charge in [-0.3, -0.25) is 14.9 Å². The molecule has 3 rings (SSSR count). The Bertz CT molecular complexity index is 992. The van der Waals surface area contributed by atoms with E-state index in [1.54, 1.807) is 42.5 Å². The molecule has 0 heterocycles. The molecule has 1 N–H and O–H groups in total. The smallest absolute Gasteiger partial charge is 0.275 e. The average molecular weight is 539 g/mol. The normalized spacial score (nSPS) is 10.3. The van der Waals surface area contributed by atoms with E-state index in [2.05, 4.69) is 43.8 Å². The van der Waals surface area contributed by atoms with Crippen molar-refractivity contribution < 1.29 is 14.5 Å². The number of anilines is 1. The number of rotatable bonds is 5. The first-order chi connectivity index (χ1) is 12.9. The van der Waals surface area contributed by atoms with Crippen molar-refractivity contribution in [2.75, 3.05) is 5.32 Å². The van der Waals surface area contributed by atoms with Gasteiger partial charge in [0.25, 0.3) is 11.6 Å². The standard InChI is InChI=1S/C19H12BrIN2O4/c20-13-3-1-12(2-4-13)19(24)22-15-9-16(23(25)26)11-18(10-15)27-17-7-5-14(21)6-8-17/h1-11H,(H,22,24). The Hall–Kier alpha value is -2.46.